The normalized spacial score (nSPS) is 17.2. The molecule has 4 heterocycles. The van der Waals surface area contributed by atoms with E-state index in [-0.39, 0.29) is 17.7 Å². The lowest BCUT2D eigenvalue weighted by atomic mass is 9.96. The quantitative estimate of drug-likeness (QED) is 0.451. The van der Waals surface area contributed by atoms with Gasteiger partial charge in [-0.3, -0.25) is 19.4 Å². The lowest BCUT2D eigenvalue weighted by molar-refractivity contribution is -0.125. The van der Waals surface area contributed by atoms with E-state index in [9.17, 15) is 9.59 Å². The minimum atomic E-state index is 0.0100. The molecule has 186 valence electrons. The van der Waals surface area contributed by atoms with Crippen LogP contribution in [-0.2, 0) is 20.9 Å². The second-order valence-corrected chi connectivity index (χ2v) is 9.70. The molecule has 0 bridgehead atoms. The van der Waals surface area contributed by atoms with Crippen molar-refractivity contribution in [3.8, 4) is 0 Å². The summed E-state index contributed by atoms with van der Waals surface area (Å²) < 4.78 is 10.7. The molecule has 2 aliphatic rings. The Morgan fingerprint density at radius 2 is 2.09 bits per heavy atom. The van der Waals surface area contributed by atoms with Crippen LogP contribution in [0.2, 0.25) is 0 Å². The summed E-state index contributed by atoms with van der Waals surface area (Å²) in [6.07, 6.45) is 5.65. The van der Waals surface area contributed by atoms with Gasteiger partial charge in [0.2, 0.25) is 22.1 Å². The van der Waals surface area contributed by atoms with Crippen molar-refractivity contribution >= 4 is 33.4 Å². The van der Waals surface area contributed by atoms with Crippen LogP contribution in [0.3, 0.4) is 0 Å². The highest BCUT2D eigenvalue weighted by atomic mass is 32.1. The fraction of sp³-hybridized carbons (Fsp3) is 0.652. The van der Waals surface area contributed by atoms with Crippen LogP contribution < -0.4 is 15.1 Å². The van der Waals surface area contributed by atoms with Crippen LogP contribution >= 0.6 is 11.3 Å². The third-order valence-electron chi connectivity index (χ3n) is 6.35. The lowest BCUT2D eigenvalue weighted by Gasteiger charge is -2.31. The maximum atomic E-state index is 12.8. The van der Waals surface area contributed by atoms with Crippen LogP contribution in [0.5, 0.6) is 0 Å². The molecule has 2 fully saturated rings. The van der Waals surface area contributed by atoms with Gasteiger partial charge in [-0.05, 0) is 37.8 Å². The number of carbonyl (C=O) groups is 2. The summed E-state index contributed by atoms with van der Waals surface area (Å²) in [5.41, 5.74) is 0. The number of hydrogen-bond acceptors (Lipinski definition) is 9. The van der Waals surface area contributed by atoms with Gasteiger partial charge in [0.15, 0.2) is 0 Å². The smallest absolute Gasteiger partial charge is 0.228 e. The summed E-state index contributed by atoms with van der Waals surface area (Å²) in [6.45, 7) is 5.94. The Bertz CT molecular complexity index is 912. The number of aromatic nitrogens is 2. The van der Waals surface area contributed by atoms with Gasteiger partial charge in [-0.1, -0.05) is 11.3 Å². The number of hydrogen-bond donors (Lipinski definition) is 1. The number of methoxy groups -OCH3 is 1. The summed E-state index contributed by atoms with van der Waals surface area (Å²) in [5.74, 6) is 1.18. The molecule has 0 atom stereocenters. The van der Waals surface area contributed by atoms with E-state index in [0.717, 1.165) is 75.8 Å². The van der Waals surface area contributed by atoms with E-state index in [1.807, 2.05) is 12.1 Å². The van der Waals surface area contributed by atoms with Crippen molar-refractivity contribution in [2.45, 2.75) is 38.6 Å². The summed E-state index contributed by atoms with van der Waals surface area (Å²) in [6, 6.07) is 3.87. The highest BCUT2D eigenvalue weighted by molar-refractivity contribution is 7.19. The molecule has 0 spiro atoms. The molecule has 0 saturated carbocycles. The fourth-order valence-electron chi connectivity index (χ4n) is 4.44. The molecule has 0 unspecified atom stereocenters. The maximum absolute atomic E-state index is 12.8. The van der Waals surface area contributed by atoms with E-state index in [2.05, 4.69) is 25.3 Å². The van der Waals surface area contributed by atoms with Gasteiger partial charge in [-0.25, -0.2) is 0 Å². The first kappa shape index (κ1) is 24.6. The van der Waals surface area contributed by atoms with Crippen LogP contribution in [0, 0.1) is 5.92 Å². The Morgan fingerprint density at radius 3 is 2.79 bits per heavy atom. The van der Waals surface area contributed by atoms with Gasteiger partial charge in [-0.15, -0.1) is 10.2 Å². The van der Waals surface area contributed by atoms with E-state index in [0.29, 0.717) is 24.7 Å². The lowest BCUT2D eigenvalue weighted by Crippen LogP contribution is -2.42. The molecule has 11 heteroatoms. The van der Waals surface area contributed by atoms with Gasteiger partial charge in [0.05, 0.1) is 12.8 Å². The molecule has 2 aromatic rings. The first-order valence-corrected chi connectivity index (χ1v) is 12.9. The zero-order valence-electron chi connectivity index (χ0n) is 19.8. The molecule has 2 saturated heterocycles. The minimum Gasteiger partial charge on any atom is -0.468 e. The SMILES string of the molecule is COCCCN(CCNC(=O)C1CCN(c2nnc(N3CCCC3=O)s2)CC1)Cc1ccco1. The number of amides is 2. The fourth-order valence-corrected chi connectivity index (χ4v) is 5.38. The number of rotatable bonds is 12. The molecule has 0 aliphatic carbocycles. The van der Waals surface area contributed by atoms with Gasteiger partial charge in [0.25, 0.3) is 0 Å². The molecular weight excluding hydrogens is 456 g/mol. The van der Waals surface area contributed by atoms with E-state index in [1.165, 1.54) is 11.3 Å². The van der Waals surface area contributed by atoms with Crippen LogP contribution in [0.4, 0.5) is 10.3 Å². The Labute approximate surface area is 204 Å². The summed E-state index contributed by atoms with van der Waals surface area (Å²) in [7, 11) is 1.71. The number of carbonyl (C=O) groups excluding carboxylic acids is 2. The number of furan rings is 1. The van der Waals surface area contributed by atoms with Crippen molar-refractivity contribution in [1.29, 1.82) is 0 Å². The van der Waals surface area contributed by atoms with Crippen molar-refractivity contribution in [2.75, 3.05) is 62.8 Å². The Kier molecular flexibility index (Phi) is 8.89. The first-order chi connectivity index (χ1) is 16.6. The zero-order valence-corrected chi connectivity index (χ0v) is 20.6. The summed E-state index contributed by atoms with van der Waals surface area (Å²) >= 11 is 1.46. The van der Waals surface area contributed by atoms with Gasteiger partial charge in [0.1, 0.15) is 5.76 Å². The molecule has 2 aromatic heterocycles. The Balaban J connectivity index is 1.19. The Hall–Kier alpha value is -2.50. The average molecular weight is 491 g/mol. The number of nitrogens with one attached hydrogen (secondary N) is 1. The van der Waals surface area contributed by atoms with Crippen LogP contribution in [0.25, 0.3) is 0 Å². The number of ether oxygens (including phenoxy) is 1. The number of nitrogens with zero attached hydrogens (tertiary/aromatic N) is 5. The molecule has 4 rings (SSSR count). The monoisotopic (exact) mass is 490 g/mol. The largest absolute Gasteiger partial charge is 0.468 e. The highest BCUT2D eigenvalue weighted by Gasteiger charge is 2.29. The molecule has 10 nitrogen and oxygen atoms in total. The second-order valence-electron chi connectivity index (χ2n) is 8.77. The zero-order chi connectivity index (χ0) is 23.8. The van der Waals surface area contributed by atoms with Crippen molar-refractivity contribution in [3.05, 3.63) is 24.2 Å². The average Bonchev–Trinajstić information content (AvgIpc) is 3.61. The number of piperidine rings is 1. The summed E-state index contributed by atoms with van der Waals surface area (Å²) in [4.78, 5) is 30.9. The van der Waals surface area contributed by atoms with E-state index >= 15 is 0 Å². The molecule has 2 amide bonds. The van der Waals surface area contributed by atoms with E-state index in [4.69, 9.17) is 9.15 Å². The highest BCUT2D eigenvalue weighted by Crippen LogP contribution is 2.32. The molecule has 0 radical (unpaired) electrons. The number of anilines is 2. The first-order valence-electron chi connectivity index (χ1n) is 12.0. The van der Waals surface area contributed by atoms with Gasteiger partial charge in [0, 0.05) is 65.3 Å². The van der Waals surface area contributed by atoms with Gasteiger partial charge >= 0.3 is 0 Å². The van der Waals surface area contributed by atoms with Crippen molar-refractivity contribution in [3.63, 3.8) is 0 Å². The maximum Gasteiger partial charge on any atom is 0.228 e. The third kappa shape index (κ3) is 6.55. The molecule has 34 heavy (non-hydrogen) atoms. The van der Waals surface area contributed by atoms with Gasteiger partial charge in [-0.2, -0.15) is 0 Å². The van der Waals surface area contributed by atoms with Crippen LogP contribution in [0.1, 0.15) is 37.9 Å². The standard InChI is InChI=1S/C23H34N6O4S/c1-32-15-4-10-27(17-19-5-3-16-33-19)14-9-24-21(31)18-7-12-28(13-8-18)22-25-26-23(34-22)29-11-2-6-20(29)30/h3,5,16,18H,2,4,6-15,17H2,1H3,(H,24,31). The predicted molar refractivity (Wildman–Crippen MR) is 130 cm³/mol. The van der Waals surface area contributed by atoms with Crippen LogP contribution in [0.15, 0.2) is 22.8 Å². The predicted octanol–water partition coefficient (Wildman–Crippen LogP) is 2.13. The van der Waals surface area contributed by atoms with Crippen molar-refractivity contribution in [1.82, 2.24) is 20.4 Å². The van der Waals surface area contributed by atoms with E-state index < -0.39 is 0 Å². The molecular formula is C23H34N6O4S. The summed E-state index contributed by atoms with van der Waals surface area (Å²) in [5, 5.41) is 13.2. The minimum absolute atomic E-state index is 0.0100. The third-order valence-corrected chi connectivity index (χ3v) is 7.36. The van der Waals surface area contributed by atoms with Crippen molar-refractivity contribution < 1.29 is 18.7 Å². The van der Waals surface area contributed by atoms with Crippen LogP contribution in [-0.4, -0.2) is 79.9 Å². The van der Waals surface area contributed by atoms with Gasteiger partial charge < -0.3 is 19.4 Å². The Morgan fingerprint density at radius 1 is 1.26 bits per heavy atom. The van der Waals surface area contributed by atoms with E-state index in [1.54, 1.807) is 18.3 Å². The molecule has 0 aromatic carbocycles. The molecule has 2 aliphatic heterocycles. The topological polar surface area (TPSA) is 104 Å². The molecule has 1 N–H and O–H groups in total. The van der Waals surface area contributed by atoms with Crippen molar-refractivity contribution in [2.24, 2.45) is 5.92 Å². The second kappa shape index (κ2) is 12.3.